The third-order valence-corrected chi connectivity index (χ3v) is 3.09. The zero-order valence-electron chi connectivity index (χ0n) is 10.0. The second-order valence-electron chi connectivity index (χ2n) is 4.16. The quantitative estimate of drug-likeness (QED) is 0.822. The lowest BCUT2D eigenvalue weighted by Gasteiger charge is -2.31. The Balaban J connectivity index is 1.79. The van der Waals surface area contributed by atoms with E-state index in [-0.39, 0.29) is 12.5 Å². The molecule has 2 rings (SSSR count). The van der Waals surface area contributed by atoms with Crippen LogP contribution in [0.15, 0.2) is 24.3 Å². The molecule has 0 saturated carbocycles. The first-order valence-corrected chi connectivity index (χ1v) is 6.19. The standard InChI is InChI=1S/C12H16ClN3O2/c13-10-1-3-11(4-2-10)18-9-12(17)15-5-7-16(14)8-6-15/h1-4H,5-9,14H2. The van der Waals surface area contributed by atoms with Crippen LogP contribution < -0.4 is 10.6 Å². The van der Waals surface area contributed by atoms with Gasteiger partial charge in [-0.2, -0.15) is 0 Å². The van der Waals surface area contributed by atoms with Crippen LogP contribution in [0.2, 0.25) is 5.02 Å². The first kappa shape index (κ1) is 13.1. The highest BCUT2D eigenvalue weighted by atomic mass is 35.5. The van der Waals surface area contributed by atoms with Crippen LogP contribution in [0.3, 0.4) is 0 Å². The Morgan fingerprint density at radius 2 is 1.83 bits per heavy atom. The molecule has 1 saturated heterocycles. The second-order valence-corrected chi connectivity index (χ2v) is 4.60. The maximum Gasteiger partial charge on any atom is 0.260 e. The van der Waals surface area contributed by atoms with Crippen molar-refractivity contribution in [3.8, 4) is 5.75 Å². The van der Waals surface area contributed by atoms with Crippen molar-refractivity contribution in [3.63, 3.8) is 0 Å². The van der Waals surface area contributed by atoms with Crippen molar-refractivity contribution in [1.29, 1.82) is 0 Å². The van der Waals surface area contributed by atoms with E-state index in [4.69, 9.17) is 22.2 Å². The molecule has 6 heteroatoms. The zero-order chi connectivity index (χ0) is 13.0. The molecule has 1 aliphatic heterocycles. The predicted octanol–water partition coefficient (Wildman–Crippen LogP) is 0.737. The van der Waals surface area contributed by atoms with Crippen molar-refractivity contribution in [1.82, 2.24) is 9.91 Å². The number of rotatable bonds is 3. The predicted molar refractivity (Wildman–Crippen MR) is 69.3 cm³/mol. The van der Waals surface area contributed by atoms with Crippen molar-refractivity contribution in [3.05, 3.63) is 29.3 Å². The van der Waals surface area contributed by atoms with E-state index >= 15 is 0 Å². The zero-order valence-corrected chi connectivity index (χ0v) is 10.8. The number of nitrogens with two attached hydrogens (primary N) is 1. The summed E-state index contributed by atoms with van der Waals surface area (Å²) in [6, 6.07) is 6.95. The molecule has 0 aromatic heterocycles. The molecule has 1 heterocycles. The lowest BCUT2D eigenvalue weighted by molar-refractivity contribution is -0.135. The van der Waals surface area contributed by atoms with Gasteiger partial charge in [-0.1, -0.05) is 11.6 Å². The van der Waals surface area contributed by atoms with E-state index in [0.717, 1.165) is 0 Å². The second kappa shape index (κ2) is 6.04. The number of piperazine rings is 1. The van der Waals surface area contributed by atoms with Crippen LogP contribution in [0, 0.1) is 0 Å². The molecule has 1 aromatic rings. The first-order chi connectivity index (χ1) is 8.65. The number of hydrazine groups is 1. The third kappa shape index (κ3) is 3.60. The van der Waals surface area contributed by atoms with Gasteiger partial charge in [0.05, 0.1) is 0 Å². The summed E-state index contributed by atoms with van der Waals surface area (Å²) in [5.41, 5.74) is 0. The largest absolute Gasteiger partial charge is 0.484 e. The number of benzene rings is 1. The summed E-state index contributed by atoms with van der Waals surface area (Å²) in [4.78, 5) is 13.6. The highest BCUT2D eigenvalue weighted by Crippen LogP contribution is 2.15. The summed E-state index contributed by atoms with van der Waals surface area (Å²) < 4.78 is 5.41. The SMILES string of the molecule is NN1CCN(C(=O)COc2ccc(Cl)cc2)CC1. The number of hydrogen-bond donors (Lipinski definition) is 1. The maximum atomic E-state index is 11.9. The smallest absolute Gasteiger partial charge is 0.260 e. The number of nitrogens with zero attached hydrogens (tertiary/aromatic N) is 2. The molecule has 0 unspecified atom stereocenters. The van der Waals surface area contributed by atoms with Crippen LogP contribution in [-0.4, -0.2) is 48.6 Å². The average molecular weight is 270 g/mol. The van der Waals surface area contributed by atoms with Crippen molar-refractivity contribution in [2.45, 2.75) is 0 Å². The summed E-state index contributed by atoms with van der Waals surface area (Å²) in [5, 5.41) is 2.36. The van der Waals surface area contributed by atoms with Crippen molar-refractivity contribution >= 4 is 17.5 Å². The Morgan fingerprint density at radius 1 is 1.22 bits per heavy atom. The molecule has 18 heavy (non-hydrogen) atoms. The molecule has 2 N–H and O–H groups in total. The topological polar surface area (TPSA) is 58.8 Å². The van der Waals surface area contributed by atoms with E-state index in [0.29, 0.717) is 37.0 Å². The molecular formula is C12H16ClN3O2. The number of ether oxygens (including phenoxy) is 1. The van der Waals surface area contributed by atoms with Crippen LogP contribution >= 0.6 is 11.6 Å². The fourth-order valence-corrected chi connectivity index (χ4v) is 1.86. The van der Waals surface area contributed by atoms with E-state index < -0.39 is 0 Å². The normalized spacial score (nSPS) is 16.7. The molecular weight excluding hydrogens is 254 g/mol. The molecule has 0 spiro atoms. The molecule has 1 aliphatic rings. The Hall–Kier alpha value is -1.30. The molecule has 1 aromatic carbocycles. The molecule has 0 radical (unpaired) electrons. The number of hydrogen-bond acceptors (Lipinski definition) is 4. The van der Waals surface area contributed by atoms with Gasteiger partial charge in [-0.15, -0.1) is 0 Å². The van der Waals surface area contributed by atoms with E-state index in [1.807, 2.05) is 0 Å². The van der Waals surface area contributed by atoms with Gasteiger partial charge in [-0.05, 0) is 24.3 Å². The van der Waals surface area contributed by atoms with Gasteiger partial charge in [-0.3, -0.25) is 10.6 Å². The summed E-state index contributed by atoms with van der Waals surface area (Å²) in [6.07, 6.45) is 0. The van der Waals surface area contributed by atoms with Crippen LogP contribution in [0.5, 0.6) is 5.75 Å². The number of amides is 1. The molecule has 0 bridgehead atoms. The first-order valence-electron chi connectivity index (χ1n) is 5.81. The molecule has 1 amide bonds. The highest BCUT2D eigenvalue weighted by molar-refractivity contribution is 6.30. The average Bonchev–Trinajstić information content (AvgIpc) is 2.38. The van der Waals surface area contributed by atoms with Gasteiger partial charge in [-0.25, -0.2) is 5.01 Å². The Morgan fingerprint density at radius 3 is 2.44 bits per heavy atom. The number of carbonyl (C=O) groups is 1. The van der Waals surface area contributed by atoms with Gasteiger partial charge < -0.3 is 9.64 Å². The van der Waals surface area contributed by atoms with E-state index in [1.54, 1.807) is 34.2 Å². The van der Waals surface area contributed by atoms with Gasteiger partial charge >= 0.3 is 0 Å². The van der Waals surface area contributed by atoms with Crippen molar-refractivity contribution in [2.75, 3.05) is 32.8 Å². The summed E-state index contributed by atoms with van der Waals surface area (Å²) in [6.45, 7) is 2.75. The minimum absolute atomic E-state index is 0.0157. The minimum atomic E-state index is -0.0157. The molecule has 0 aliphatic carbocycles. The Labute approximate surface area is 111 Å². The fraction of sp³-hybridized carbons (Fsp3) is 0.417. The van der Waals surface area contributed by atoms with Crippen LogP contribution in [0.1, 0.15) is 0 Å². The van der Waals surface area contributed by atoms with Crippen LogP contribution in [-0.2, 0) is 4.79 Å². The van der Waals surface area contributed by atoms with Gasteiger partial charge in [0.1, 0.15) is 5.75 Å². The highest BCUT2D eigenvalue weighted by Gasteiger charge is 2.19. The fourth-order valence-electron chi connectivity index (χ4n) is 1.74. The van der Waals surface area contributed by atoms with Crippen LogP contribution in [0.4, 0.5) is 0 Å². The molecule has 5 nitrogen and oxygen atoms in total. The van der Waals surface area contributed by atoms with E-state index in [1.165, 1.54) is 0 Å². The Kier molecular flexibility index (Phi) is 4.41. The number of halogens is 1. The lowest BCUT2D eigenvalue weighted by atomic mass is 10.3. The summed E-state index contributed by atoms with van der Waals surface area (Å²) in [5.74, 6) is 6.26. The van der Waals surface area contributed by atoms with Crippen LogP contribution in [0.25, 0.3) is 0 Å². The molecule has 0 atom stereocenters. The number of carbonyl (C=O) groups excluding carboxylic acids is 1. The van der Waals surface area contributed by atoms with Gasteiger partial charge in [0.15, 0.2) is 6.61 Å². The van der Waals surface area contributed by atoms with Gasteiger partial charge in [0.25, 0.3) is 5.91 Å². The summed E-state index contributed by atoms with van der Waals surface area (Å²) >= 11 is 5.76. The molecule has 98 valence electrons. The van der Waals surface area contributed by atoms with Gasteiger partial charge in [0, 0.05) is 31.2 Å². The Bertz CT molecular complexity index is 402. The van der Waals surface area contributed by atoms with Crippen molar-refractivity contribution < 1.29 is 9.53 Å². The van der Waals surface area contributed by atoms with Crippen molar-refractivity contribution in [2.24, 2.45) is 5.84 Å². The van der Waals surface area contributed by atoms with Gasteiger partial charge in [0.2, 0.25) is 0 Å². The summed E-state index contributed by atoms with van der Waals surface area (Å²) in [7, 11) is 0. The third-order valence-electron chi connectivity index (χ3n) is 2.84. The minimum Gasteiger partial charge on any atom is -0.484 e. The maximum absolute atomic E-state index is 11.9. The lowest BCUT2D eigenvalue weighted by Crippen LogP contribution is -2.52. The van der Waals surface area contributed by atoms with E-state index in [9.17, 15) is 4.79 Å². The molecule has 1 fully saturated rings. The van der Waals surface area contributed by atoms with E-state index in [2.05, 4.69) is 0 Å². The monoisotopic (exact) mass is 269 g/mol.